The van der Waals surface area contributed by atoms with Crippen LogP contribution in [0.25, 0.3) is 0 Å². The molecule has 0 aromatic heterocycles. The number of rotatable bonds is 52. The molecule has 0 aromatic carbocycles. The van der Waals surface area contributed by atoms with Gasteiger partial charge in [0.15, 0.2) is 0 Å². The fourth-order valence-electron chi connectivity index (χ4n) is 6.73. The summed E-state index contributed by atoms with van der Waals surface area (Å²) < 4.78 is 21.4. The number of unbranched alkanes of at least 4 members (excludes halogenated alkanes) is 13. The van der Waals surface area contributed by atoms with Crippen molar-refractivity contribution in [3.05, 3.63) is 6.92 Å². The molecule has 0 fully saturated rings. The topological polar surface area (TPSA) is 342 Å². The first-order valence-electron chi connectivity index (χ1n) is 26.6. The van der Waals surface area contributed by atoms with Crippen LogP contribution in [0.1, 0.15) is 149 Å². The molecule has 0 aliphatic rings. The van der Waals surface area contributed by atoms with Crippen LogP contribution in [0, 0.1) is 18.8 Å². The van der Waals surface area contributed by atoms with E-state index in [-0.39, 0.29) is 196 Å². The number of aliphatic hydroxyl groups is 1. The second-order valence-electron chi connectivity index (χ2n) is 18.2. The van der Waals surface area contributed by atoms with E-state index in [1.807, 2.05) is 0 Å². The van der Waals surface area contributed by atoms with Gasteiger partial charge in [-0.15, -0.1) is 5.92 Å². The fourth-order valence-corrected chi connectivity index (χ4v) is 7.61. The van der Waals surface area contributed by atoms with Gasteiger partial charge in [-0.2, -0.15) is 11.8 Å². The first-order chi connectivity index (χ1) is 35.9. The predicted molar refractivity (Wildman–Crippen MR) is 284 cm³/mol. The van der Waals surface area contributed by atoms with Crippen molar-refractivity contribution < 1.29 is 115 Å². The molecule has 437 valence electrons. The van der Waals surface area contributed by atoms with E-state index in [1.54, 1.807) is 6.92 Å². The normalized spacial score (nSPS) is 12.3. The fraction of sp³-hybridized carbons (Fsp3) is 0.788. The number of ether oxygens (including phenoxy) is 4. The summed E-state index contributed by atoms with van der Waals surface area (Å²) in [6.45, 7) is 7.81. The number of aldehydes is 1. The van der Waals surface area contributed by atoms with Gasteiger partial charge in [-0.1, -0.05) is 77.0 Å². The van der Waals surface area contributed by atoms with Gasteiger partial charge in [0, 0.05) is 97.0 Å². The largest absolute Gasteiger partial charge is 0.481 e. The van der Waals surface area contributed by atoms with E-state index in [0.29, 0.717) is 24.9 Å². The molecule has 0 unspecified atom stereocenters. The number of ketones is 3. The van der Waals surface area contributed by atoms with Crippen LogP contribution >= 0.6 is 11.8 Å². The van der Waals surface area contributed by atoms with Crippen LogP contribution in [0.4, 0.5) is 0 Å². The Labute approximate surface area is 480 Å². The molecule has 4 amide bonds. The van der Waals surface area contributed by atoms with Crippen LogP contribution in [0.15, 0.2) is 0 Å². The van der Waals surface area contributed by atoms with E-state index in [1.165, 1.54) is 57.2 Å². The van der Waals surface area contributed by atoms with Crippen molar-refractivity contribution in [2.75, 3.05) is 90.6 Å². The zero-order valence-electron chi connectivity index (χ0n) is 45.5. The summed E-state index contributed by atoms with van der Waals surface area (Å²) in [5.74, 6) is -4.79. The van der Waals surface area contributed by atoms with Gasteiger partial charge in [0.1, 0.15) is 42.9 Å². The van der Waals surface area contributed by atoms with Crippen molar-refractivity contribution >= 4 is 71.0 Å². The second kappa shape index (κ2) is 55.0. The zero-order chi connectivity index (χ0) is 56.3. The predicted octanol–water partition coefficient (Wildman–Crippen LogP) is 3.30. The summed E-state index contributed by atoms with van der Waals surface area (Å²) in [5.41, 5.74) is 4.92. The number of nitrogens with one attached hydrogen (secondary N) is 4. The van der Waals surface area contributed by atoms with Gasteiger partial charge >= 0.3 is 11.9 Å². The van der Waals surface area contributed by atoms with Crippen molar-refractivity contribution in [2.45, 2.75) is 161 Å². The molecule has 76 heavy (non-hydrogen) atoms. The Hall–Kier alpha value is -3.29. The average molecular weight is 1180 g/mol. The molecule has 0 saturated carbocycles. The summed E-state index contributed by atoms with van der Waals surface area (Å²) in [5, 5.41) is 37.9. The summed E-state index contributed by atoms with van der Waals surface area (Å²) in [4.78, 5) is 116. The summed E-state index contributed by atoms with van der Waals surface area (Å²) >= 11 is 1.22. The standard InChI is InChI=1S/C49H85N4O16S.C3H7NO.Y/c1-38(43(57)32-40(33-54)39(2)55)36-70-37-47(61)51-24-23-50-45(59)34-69-31-29-67-27-25-52-46(60)35-68-30-28-66-26-17-18-41(56)21-22-42(49(64)65)53-44(58)19-15-13-11-9-7-5-3-4-6-8-10-12-14-16-20-48(62)63;1-3(4)2-5;/h38,40,42,54H,1,3-37H2,2H3,(H,50,59)(H,51,61)(H,52,60)(H,53,58)(H,62,63)(H,64,65);2-3H,4H2,1H3;/q-1;;/t38-,40-,42-;3-;/m00./s1. The molecule has 0 aromatic rings. The molecule has 0 aliphatic heterocycles. The maximum Gasteiger partial charge on any atom is 0.326 e. The molecule has 1 radical (unpaired) electrons. The van der Waals surface area contributed by atoms with Crippen LogP contribution in [0.2, 0.25) is 0 Å². The van der Waals surface area contributed by atoms with E-state index in [2.05, 4.69) is 28.2 Å². The Kier molecular flexibility index (Phi) is 55.7. The van der Waals surface area contributed by atoms with E-state index >= 15 is 0 Å². The SMILES string of the molecule is C[C@H](N)C=O.[CH2-][C@@H](CSCC(=O)NCCNC(=O)COCCOCCNC(=O)COCCOCCCC(=O)CC[C@H](NC(=O)CCCCCCCCCCCCCCCCC(=O)O)C(=O)O)C(=O)C[C@@H](CO)C(C)=O.[Y]. The summed E-state index contributed by atoms with van der Waals surface area (Å²) in [7, 11) is 0. The number of hydrogen-bond donors (Lipinski definition) is 8. The van der Waals surface area contributed by atoms with E-state index in [4.69, 9.17) is 29.8 Å². The Morgan fingerprint density at radius 2 is 1.07 bits per heavy atom. The summed E-state index contributed by atoms with van der Waals surface area (Å²) in [6.07, 6.45) is 16.8. The van der Waals surface area contributed by atoms with Gasteiger partial charge in [-0.05, 0) is 45.3 Å². The molecule has 0 aliphatic carbocycles. The van der Waals surface area contributed by atoms with Gasteiger partial charge in [0.2, 0.25) is 23.6 Å². The molecule has 9 N–H and O–H groups in total. The minimum Gasteiger partial charge on any atom is -0.481 e. The van der Waals surface area contributed by atoms with E-state index in [0.717, 1.165) is 44.9 Å². The van der Waals surface area contributed by atoms with E-state index < -0.39 is 36.4 Å². The van der Waals surface area contributed by atoms with Gasteiger partial charge in [0.25, 0.3) is 0 Å². The maximum atomic E-state index is 12.4. The number of carboxylic acid groups (broad SMARTS) is 2. The van der Waals surface area contributed by atoms with Crippen molar-refractivity contribution in [3.8, 4) is 0 Å². The van der Waals surface area contributed by atoms with Crippen molar-refractivity contribution in [3.63, 3.8) is 0 Å². The van der Waals surface area contributed by atoms with Crippen LogP contribution < -0.4 is 27.0 Å². The molecule has 0 bridgehead atoms. The van der Waals surface area contributed by atoms with Gasteiger partial charge in [-0.25, -0.2) is 4.79 Å². The third-order valence-electron chi connectivity index (χ3n) is 11.1. The second-order valence-corrected chi connectivity index (χ2v) is 19.3. The number of aliphatic carboxylic acids is 2. The quantitative estimate of drug-likeness (QED) is 0.0246. The third kappa shape index (κ3) is 54.1. The Bertz CT molecular complexity index is 1600. The molecule has 24 heteroatoms. The van der Waals surface area contributed by atoms with Crippen LogP contribution in [-0.2, 0) is 99.6 Å². The molecule has 0 heterocycles. The van der Waals surface area contributed by atoms with Crippen molar-refractivity contribution in [1.29, 1.82) is 0 Å². The third-order valence-corrected chi connectivity index (χ3v) is 12.3. The number of nitrogens with two attached hydrogens (primary N) is 1. The van der Waals surface area contributed by atoms with Gasteiger partial charge < -0.3 is 77.8 Å². The number of amides is 4. The zero-order valence-corrected chi connectivity index (χ0v) is 49.1. The first kappa shape index (κ1) is 76.9. The minimum absolute atomic E-state index is 0. The smallest absolute Gasteiger partial charge is 0.326 e. The molecule has 0 spiro atoms. The van der Waals surface area contributed by atoms with Crippen LogP contribution in [0.5, 0.6) is 0 Å². The minimum atomic E-state index is -1.17. The number of Topliss-reactive ketones (excluding diaryl/α,β-unsaturated/α-hetero) is 3. The number of carbonyl (C=O) groups is 10. The van der Waals surface area contributed by atoms with Gasteiger partial charge in [0.05, 0.1) is 51.4 Å². The number of carboxylic acids is 2. The Morgan fingerprint density at radius 3 is 1.54 bits per heavy atom. The average Bonchev–Trinajstić information content (AvgIpc) is 3.36. The number of aliphatic hydroxyl groups excluding tert-OH is 1. The molecule has 4 atom stereocenters. The molecule has 0 saturated heterocycles. The molecule has 0 rings (SSSR count). The molecule has 22 nitrogen and oxygen atoms in total. The first-order valence-corrected chi connectivity index (χ1v) is 27.7. The molecular formula is C52H92N5O17SY-. The van der Waals surface area contributed by atoms with Crippen LogP contribution in [0.3, 0.4) is 0 Å². The monoisotopic (exact) mass is 1180 g/mol. The Balaban J connectivity index is -0.00000844. The number of thioether (sulfide) groups is 1. The van der Waals surface area contributed by atoms with Crippen molar-refractivity contribution in [1.82, 2.24) is 21.3 Å². The van der Waals surface area contributed by atoms with E-state index in [9.17, 15) is 58.2 Å². The molecular weight excluding hydrogens is 1090 g/mol. The van der Waals surface area contributed by atoms with Crippen molar-refractivity contribution in [2.24, 2.45) is 17.6 Å². The Morgan fingerprint density at radius 1 is 0.605 bits per heavy atom. The number of carbonyl (C=O) groups excluding carboxylic acids is 8. The van der Waals surface area contributed by atoms with Gasteiger partial charge in [-0.3, -0.25) is 33.6 Å². The summed E-state index contributed by atoms with van der Waals surface area (Å²) in [6, 6.07) is -1.41. The number of hydrogen-bond acceptors (Lipinski definition) is 17. The maximum absolute atomic E-state index is 12.4. The van der Waals surface area contributed by atoms with Crippen LogP contribution in [-0.4, -0.2) is 177 Å².